The van der Waals surface area contributed by atoms with Crippen LogP contribution in [0.25, 0.3) is 0 Å². The smallest absolute Gasteiger partial charge is 0.253 e. The van der Waals surface area contributed by atoms with E-state index in [2.05, 4.69) is 24.0 Å². The fourth-order valence-corrected chi connectivity index (χ4v) is 2.44. The van der Waals surface area contributed by atoms with Gasteiger partial charge in [0, 0.05) is 57.2 Å². The van der Waals surface area contributed by atoms with Gasteiger partial charge in [0.1, 0.15) is 0 Å². The quantitative estimate of drug-likeness (QED) is 0.823. The summed E-state index contributed by atoms with van der Waals surface area (Å²) < 4.78 is 1.74. The number of benzene rings is 1. The third kappa shape index (κ3) is 3.87. The van der Waals surface area contributed by atoms with Gasteiger partial charge in [-0.15, -0.1) is 0 Å². The predicted molar refractivity (Wildman–Crippen MR) is 89.0 cm³/mol. The van der Waals surface area contributed by atoms with Crippen LogP contribution in [0.4, 0.5) is 5.69 Å². The van der Waals surface area contributed by atoms with E-state index in [9.17, 15) is 4.79 Å². The van der Waals surface area contributed by atoms with Crippen molar-refractivity contribution in [2.45, 2.75) is 19.9 Å². The Morgan fingerprint density at radius 2 is 1.91 bits per heavy atom. The third-order valence-electron chi connectivity index (χ3n) is 3.64. The van der Waals surface area contributed by atoms with Gasteiger partial charge in [-0.25, -0.2) is 0 Å². The van der Waals surface area contributed by atoms with E-state index in [0.29, 0.717) is 12.1 Å². The van der Waals surface area contributed by atoms with Gasteiger partial charge in [-0.2, -0.15) is 5.10 Å². The first kappa shape index (κ1) is 16.1. The van der Waals surface area contributed by atoms with Crippen LogP contribution in [0, 0.1) is 0 Å². The van der Waals surface area contributed by atoms with Gasteiger partial charge in [0.25, 0.3) is 5.91 Å². The molecule has 5 nitrogen and oxygen atoms in total. The lowest BCUT2D eigenvalue weighted by Crippen LogP contribution is -2.26. The van der Waals surface area contributed by atoms with Crippen molar-refractivity contribution in [1.82, 2.24) is 14.7 Å². The molecular weight excluding hydrogens is 276 g/mol. The lowest BCUT2D eigenvalue weighted by Gasteiger charge is -2.20. The minimum Gasteiger partial charge on any atom is -0.375 e. The summed E-state index contributed by atoms with van der Waals surface area (Å²) in [6, 6.07) is 7.79. The second kappa shape index (κ2) is 7.11. The van der Waals surface area contributed by atoms with Gasteiger partial charge in [-0.05, 0) is 30.7 Å². The number of hydrogen-bond acceptors (Lipinski definition) is 3. The first-order valence-corrected chi connectivity index (χ1v) is 7.55. The largest absolute Gasteiger partial charge is 0.375 e. The zero-order valence-corrected chi connectivity index (χ0v) is 13.8. The van der Waals surface area contributed by atoms with E-state index in [1.807, 2.05) is 44.6 Å². The summed E-state index contributed by atoms with van der Waals surface area (Å²) >= 11 is 0. The molecule has 0 bridgehead atoms. The molecule has 0 unspecified atom stereocenters. The molecule has 1 amide bonds. The normalized spacial score (nSPS) is 10.5. The summed E-state index contributed by atoms with van der Waals surface area (Å²) in [5, 5.41) is 4.12. The van der Waals surface area contributed by atoms with Crippen LogP contribution in [0.3, 0.4) is 0 Å². The highest BCUT2D eigenvalue weighted by molar-refractivity contribution is 5.94. The van der Waals surface area contributed by atoms with Crippen LogP contribution < -0.4 is 4.90 Å². The number of aromatic nitrogens is 2. The lowest BCUT2D eigenvalue weighted by molar-refractivity contribution is 0.0785. The molecule has 1 aromatic heterocycles. The van der Waals surface area contributed by atoms with Gasteiger partial charge in [0.2, 0.25) is 0 Å². The molecular formula is C17H24N4O. The lowest BCUT2D eigenvalue weighted by atomic mass is 10.1. The molecule has 2 aromatic rings. The molecule has 0 saturated carbocycles. The summed E-state index contributed by atoms with van der Waals surface area (Å²) in [5.74, 6) is 0.0218. The molecule has 118 valence electrons. The molecule has 0 saturated heterocycles. The summed E-state index contributed by atoms with van der Waals surface area (Å²) in [4.78, 5) is 16.3. The van der Waals surface area contributed by atoms with E-state index in [1.165, 1.54) is 0 Å². The number of nitrogens with zero attached hydrogens (tertiary/aromatic N) is 4. The number of aryl methyl sites for hydroxylation is 1. The van der Waals surface area contributed by atoms with Crippen LogP contribution in [0.1, 0.15) is 29.3 Å². The molecule has 0 fully saturated rings. The van der Waals surface area contributed by atoms with E-state index >= 15 is 0 Å². The molecule has 0 aliphatic rings. The second-order valence-corrected chi connectivity index (χ2v) is 5.65. The van der Waals surface area contributed by atoms with Crippen LogP contribution >= 0.6 is 0 Å². The SMILES string of the molecule is CCCN(C)c1ccc(C(=O)N(C)Cc2cnn(C)c2)cc1. The van der Waals surface area contributed by atoms with Gasteiger partial charge >= 0.3 is 0 Å². The van der Waals surface area contributed by atoms with Gasteiger partial charge in [-0.1, -0.05) is 6.92 Å². The number of carbonyl (C=O) groups excluding carboxylic acids is 1. The fraction of sp³-hybridized carbons (Fsp3) is 0.412. The topological polar surface area (TPSA) is 41.4 Å². The predicted octanol–water partition coefficient (Wildman–Crippen LogP) is 2.54. The minimum absolute atomic E-state index is 0.0218. The molecule has 2 rings (SSSR count). The Labute approximate surface area is 132 Å². The second-order valence-electron chi connectivity index (χ2n) is 5.65. The van der Waals surface area contributed by atoms with Crippen LogP contribution in [-0.2, 0) is 13.6 Å². The zero-order chi connectivity index (χ0) is 16.1. The van der Waals surface area contributed by atoms with E-state index < -0.39 is 0 Å². The van der Waals surface area contributed by atoms with Crippen LogP contribution in [0.5, 0.6) is 0 Å². The average Bonchev–Trinajstić information content (AvgIpc) is 2.92. The Morgan fingerprint density at radius 3 is 2.45 bits per heavy atom. The molecule has 1 aromatic carbocycles. The van der Waals surface area contributed by atoms with Crippen molar-refractivity contribution in [3.8, 4) is 0 Å². The number of rotatable bonds is 6. The Hall–Kier alpha value is -2.30. The van der Waals surface area contributed by atoms with Crippen molar-refractivity contribution in [3.63, 3.8) is 0 Å². The Balaban J connectivity index is 2.02. The number of amides is 1. The molecule has 0 aliphatic carbocycles. The maximum Gasteiger partial charge on any atom is 0.253 e. The van der Waals surface area contributed by atoms with Crippen molar-refractivity contribution in [1.29, 1.82) is 0 Å². The molecule has 5 heteroatoms. The zero-order valence-electron chi connectivity index (χ0n) is 13.8. The highest BCUT2D eigenvalue weighted by atomic mass is 16.2. The first-order valence-electron chi connectivity index (χ1n) is 7.55. The Kier molecular flexibility index (Phi) is 5.20. The van der Waals surface area contributed by atoms with Gasteiger partial charge in [0.05, 0.1) is 6.20 Å². The van der Waals surface area contributed by atoms with Gasteiger partial charge < -0.3 is 9.80 Å². The van der Waals surface area contributed by atoms with Crippen molar-refractivity contribution >= 4 is 11.6 Å². The minimum atomic E-state index is 0.0218. The maximum atomic E-state index is 12.4. The van der Waals surface area contributed by atoms with Crippen LogP contribution in [0.2, 0.25) is 0 Å². The monoisotopic (exact) mass is 300 g/mol. The standard InChI is InChI=1S/C17H24N4O/c1-5-10-19(2)16-8-6-15(7-9-16)17(22)20(3)12-14-11-18-21(4)13-14/h6-9,11,13H,5,10,12H2,1-4H3. The van der Waals surface area contributed by atoms with Crippen molar-refractivity contribution in [2.75, 3.05) is 25.5 Å². The molecule has 0 aliphatic heterocycles. The summed E-state index contributed by atoms with van der Waals surface area (Å²) in [7, 11) is 5.75. The molecule has 0 radical (unpaired) electrons. The third-order valence-corrected chi connectivity index (χ3v) is 3.64. The number of anilines is 1. The number of hydrogen-bond donors (Lipinski definition) is 0. The van der Waals surface area contributed by atoms with Crippen molar-refractivity contribution < 1.29 is 4.79 Å². The van der Waals surface area contributed by atoms with Crippen molar-refractivity contribution in [3.05, 3.63) is 47.8 Å². The number of carbonyl (C=O) groups is 1. The van der Waals surface area contributed by atoms with E-state index in [0.717, 1.165) is 24.2 Å². The fourth-order valence-electron chi connectivity index (χ4n) is 2.44. The molecule has 22 heavy (non-hydrogen) atoms. The highest BCUT2D eigenvalue weighted by Crippen LogP contribution is 2.15. The molecule has 0 N–H and O–H groups in total. The van der Waals surface area contributed by atoms with Gasteiger partial charge in [-0.3, -0.25) is 9.48 Å². The Morgan fingerprint density at radius 1 is 1.23 bits per heavy atom. The summed E-state index contributed by atoms with van der Waals surface area (Å²) in [6.45, 7) is 3.72. The van der Waals surface area contributed by atoms with E-state index in [-0.39, 0.29) is 5.91 Å². The first-order chi connectivity index (χ1) is 10.5. The maximum absolute atomic E-state index is 12.4. The molecule has 0 spiro atoms. The van der Waals surface area contributed by atoms with E-state index in [4.69, 9.17) is 0 Å². The molecule has 1 heterocycles. The van der Waals surface area contributed by atoms with Crippen LogP contribution in [0.15, 0.2) is 36.7 Å². The molecule has 0 atom stereocenters. The summed E-state index contributed by atoms with van der Waals surface area (Å²) in [5.41, 5.74) is 2.87. The Bertz CT molecular complexity index is 618. The van der Waals surface area contributed by atoms with Crippen molar-refractivity contribution in [2.24, 2.45) is 7.05 Å². The highest BCUT2D eigenvalue weighted by Gasteiger charge is 2.13. The summed E-state index contributed by atoms with van der Waals surface area (Å²) in [6.07, 6.45) is 4.81. The van der Waals surface area contributed by atoms with E-state index in [1.54, 1.807) is 15.8 Å². The van der Waals surface area contributed by atoms with Gasteiger partial charge in [0.15, 0.2) is 0 Å². The average molecular weight is 300 g/mol. The van der Waals surface area contributed by atoms with Crippen LogP contribution in [-0.4, -0.2) is 41.2 Å².